The van der Waals surface area contributed by atoms with Gasteiger partial charge in [-0.15, -0.1) is 0 Å². The first-order valence-corrected chi connectivity index (χ1v) is 15.5. The van der Waals surface area contributed by atoms with Crippen molar-refractivity contribution in [1.82, 2.24) is 0 Å². The molecule has 1 atom stereocenters. The lowest BCUT2D eigenvalue weighted by Gasteiger charge is -2.28. The maximum atomic E-state index is 13.9. The molecule has 3 heterocycles. The Morgan fingerprint density at radius 1 is 0.957 bits per heavy atom. The van der Waals surface area contributed by atoms with Gasteiger partial charge in [0.1, 0.15) is 19.0 Å². The molecule has 0 fully saturated rings. The largest absolute Gasteiger partial charge is 0.491 e. The Balaban J connectivity index is 1.36. The summed E-state index contributed by atoms with van der Waals surface area (Å²) < 4.78 is 19.5. The second-order valence-electron chi connectivity index (χ2n) is 13.0. The molecule has 0 radical (unpaired) electrons. The van der Waals surface area contributed by atoms with Crippen molar-refractivity contribution in [2.24, 2.45) is 0 Å². The van der Waals surface area contributed by atoms with Crippen LogP contribution in [-0.2, 0) is 39.4 Å². The van der Waals surface area contributed by atoms with E-state index in [4.69, 9.17) is 14.2 Å². The first kappa shape index (κ1) is 31.0. The van der Waals surface area contributed by atoms with E-state index in [1.54, 1.807) is 13.8 Å². The van der Waals surface area contributed by atoms with Crippen LogP contribution in [0.4, 0.5) is 11.4 Å². The van der Waals surface area contributed by atoms with Gasteiger partial charge in [-0.05, 0) is 52.3 Å². The van der Waals surface area contributed by atoms with Crippen LogP contribution in [0.2, 0.25) is 0 Å². The molecule has 0 aromatic heterocycles. The molecule has 46 heavy (non-hydrogen) atoms. The SMILES string of the molecule is C=C(C)C(=O)OCCN1C2=CC3=C(OCC2(C)c2ccccc21)/C(=C/C1=[N+](CCOC(=O)C(=C)C)c2ccccc2C1(C)C)C3=O. The Kier molecular flexibility index (Phi) is 7.71. The van der Waals surface area contributed by atoms with Gasteiger partial charge in [0.25, 0.3) is 0 Å². The van der Waals surface area contributed by atoms with E-state index < -0.39 is 22.8 Å². The lowest BCUT2D eigenvalue weighted by Crippen LogP contribution is -2.33. The molecule has 8 nitrogen and oxygen atoms in total. The number of esters is 2. The summed E-state index contributed by atoms with van der Waals surface area (Å²) in [5, 5.41) is 0. The quantitative estimate of drug-likeness (QED) is 0.201. The van der Waals surface area contributed by atoms with E-state index in [1.807, 2.05) is 48.6 Å². The molecule has 1 unspecified atom stereocenters. The molecule has 0 amide bonds. The van der Waals surface area contributed by atoms with Gasteiger partial charge in [0.15, 0.2) is 18.9 Å². The zero-order chi connectivity index (χ0) is 33.0. The van der Waals surface area contributed by atoms with Gasteiger partial charge in [-0.25, -0.2) is 9.59 Å². The second kappa shape index (κ2) is 11.4. The van der Waals surface area contributed by atoms with Crippen molar-refractivity contribution >= 4 is 34.8 Å². The average Bonchev–Trinajstić information content (AvgIpc) is 3.32. The van der Waals surface area contributed by atoms with E-state index in [9.17, 15) is 14.4 Å². The fourth-order valence-electron chi connectivity index (χ4n) is 6.76. The van der Waals surface area contributed by atoms with Gasteiger partial charge in [-0.2, -0.15) is 4.58 Å². The predicted octanol–water partition coefficient (Wildman–Crippen LogP) is 5.76. The van der Waals surface area contributed by atoms with Gasteiger partial charge in [-0.1, -0.05) is 49.6 Å². The number of rotatable bonds is 9. The Hall–Kier alpha value is -4.98. The number of hydrogen-bond acceptors (Lipinski definition) is 7. The van der Waals surface area contributed by atoms with Crippen LogP contribution in [0, 0.1) is 0 Å². The molecule has 3 aliphatic heterocycles. The maximum absolute atomic E-state index is 13.9. The third-order valence-electron chi connectivity index (χ3n) is 9.28. The molecule has 2 aromatic rings. The Morgan fingerprint density at radius 2 is 1.59 bits per heavy atom. The Morgan fingerprint density at radius 3 is 2.28 bits per heavy atom. The maximum Gasteiger partial charge on any atom is 0.333 e. The summed E-state index contributed by atoms with van der Waals surface area (Å²) in [5.41, 5.74) is 6.88. The fraction of sp³-hybridized carbons (Fsp3) is 0.316. The number of nitrogens with zero attached hydrogens (tertiary/aromatic N) is 2. The molecule has 0 N–H and O–H groups in total. The highest BCUT2D eigenvalue weighted by Crippen LogP contribution is 2.52. The lowest BCUT2D eigenvalue weighted by molar-refractivity contribution is -0.440. The normalized spacial score (nSPS) is 21.3. The number of hydrogen-bond donors (Lipinski definition) is 0. The smallest absolute Gasteiger partial charge is 0.333 e. The molecule has 2 aromatic carbocycles. The van der Waals surface area contributed by atoms with Crippen molar-refractivity contribution in [3.05, 3.63) is 119 Å². The van der Waals surface area contributed by atoms with Gasteiger partial charge in [0.05, 0.1) is 28.5 Å². The number of anilines is 1. The predicted molar refractivity (Wildman–Crippen MR) is 176 cm³/mol. The number of ether oxygens (including phenoxy) is 3. The highest BCUT2D eigenvalue weighted by molar-refractivity contribution is 6.24. The zero-order valence-corrected chi connectivity index (χ0v) is 27.1. The molecular formula is C38H39N2O6+. The molecule has 236 valence electrons. The van der Waals surface area contributed by atoms with Gasteiger partial charge in [-0.3, -0.25) is 4.79 Å². The Labute approximate surface area is 269 Å². The number of benzene rings is 2. The van der Waals surface area contributed by atoms with Crippen molar-refractivity contribution in [2.75, 3.05) is 37.8 Å². The fourth-order valence-corrected chi connectivity index (χ4v) is 6.76. The van der Waals surface area contributed by atoms with Crippen molar-refractivity contribution in [3.63, 3.8) is 0 Å². The number of fused-ring (bicyclic) bond motifs is 4. The van der Waals surface area contributed by atoms with Crippen LogP contribution in [0.15, 0.2) is 108 Å². The van der Waals surface area contributed by atoms with Crippen molar-refractivity contribution in [1.29, 1.82) is 0 Å². The molecule has 4 aliphatic rings. The number of ketones is 1. The summed E-state index contributed by atoms with van der Waals surface area (Å²) in [6.07, 6.45) is 3.88. The van der Waals surface area contributed by atoms with Gasteiger partial charge >= 0.3 is 11.9 Å². The van der Waals surface area contributed by atoms with Crippen LogP contribution in [0.25, 0.3) is 0 Å². The highest BCUT2D eigenvalue weighted by Gasteiger charge is 2.51. The number of carbonyl (C=O) groups is 3. The summed E-state index contributed by atoms with van der Waals surface area (Å²) in [6, 6.07) is 16.2. The summed E-state index contributed by atoms with van der Waals surface area (Å²) in [6.45, 7) is 18.5. The molecule has 0 bridgehead atoms. The molecule has 1 aliphatic carbocycles. The van der Waals surface area contributed by atoms with E-state index in [1.165, 1.54) is 0 Å². The van der Waals surface area contributed by atoms with Crippen molar-refractivity contribution in [3.8, 4) is 0 Å². The number of allylic oxidation sites excluding steroid dienone is 4. The van der Waals surface area contributed by atoms with Gasteiger partial charge < -0.3 is 19.1 Å². The van der Waals surface area contributed by atoms with E-state index in [0.29, 0.717) is 47.7 Å². The minimum absolute atomic E-state index is 0.0933. The zero-order valence-electron chi connectivity index (χ0n) is 27.1. The van der Waals surface area contributed by atoms with Crippen LogP contribution < -0.4 is 4.90 Å². The van der Waals surface area contributed by atoms with E-state index in [0.717, 1.165) is 33.9 Å². The van der Waals surface area contributed by atoms with Crippen LogP contribution >= 0.6 is 0 Å². The number of Topliss-reactive ketones (excluding diaryl/α,β-unsaturated/α-hetero) is 1. The van der Waals surface area contributed by atoms with E-state index in [-0.39, 0.29) is 19.0 Å². The molecular weight excluding hydrogens is 580 g/mol. The first-order chi connectivity index (χ1) is 21.9. The summed E-state index contributed by atoms with van der Waals surface area (Å²) in [7, 11) is 0. The second-order valence-corrected chi connectivity index (χ2v) is 13.0. The number of para-hydroxylation sites is 2. The van der Waals surface area contributed by atoms with Crippen molar-refractivity contribution < 1.29 is 33.2 Å². The monoisotopic (exact) mass is 619 g/mol. The van der Waals surface area contributed by atoms with Crippen LogP contribution in [0.3, 0.4) is 0 Å². The lowest BCUT2D eigenvalue weighted by atomic mass is 9.78. The highest BCUT2D eigenvalue weighted by atomic mass is 16.5. The molecule has 8 heteroatoms. The molecule has 0 saturated heterocycles. The first-order valence-electron chi connectivity index (χ1n) is 15.5. The van der Waals surface area contributed by atoms with Gasteiger partial charge in [0.2, 0.25) is 11.5 Å². The third kappa shape index (κ3) is 4.92. The summed E-state index contributed by atoms with van der Waals surface area (Å²) in [4.78, 5) is 40.2. The minimum atomic E-state index is -0.521. The average molecular weight is 620 g/mol. The van der Waals surface area contributed by atoms with E-state index in [2.05, 4.69) is 55.5 Å². The van der Waals surface area contributed by atoms with E-state index >= 15 is 0 Å². The standard InChI is InChI=1S/C38H39N2O6/c1-23(2)35(42)44-18-16-39-29-14-10-8-12-27(29)37(5,6)31(39)20-25-33(41)26-21-32-38(7,22-46-34(25)26)28-13-9-11-15-30(28)40(32)17-19-45-36(43)24(3)4/h8-15,20-21H,1,3,16-19,22H2,2,4-7H3/q+1. The van der Waals surface area contributed by atoms with Crippen LogP contribution in [0.1, 0.15) is 45.7 Å². The molecule has 0 spiro atoms. The van der Waals surface area contributed by atoms with Crippen molar-refractivity contribution in [2.45, 2.75) is 45.4 Å². The van der Waals surface area contributed by atoms with Crippen LogP contribution in [-0.4, -0.2) is 60.9 Å². The molecule has 6 rings (SSSR count). The third-order valence-corrected chi connectivity index (χ3v) is 9.28. The minimum Gasteiger partial charge on any atom is -0.491 e. The molecule has 0 saturated carbocycles. The summed E-state index contributed by atoms with van der Waals surface area (Å²) >= 11 is 0. The summed E-state index contributed by atoms with van der Waals surface area (Å²) in [5.74, 6) is -0.379. The topological polar surface area (TPSA) is 85.1 Å². The number of carbonyl (C=O) groups excluding carboxylic acids is 3. The Bertz CT molecular complexity index is 1860. The van der Waals surface area contributed by atoms with Gasteiger partial charge in [0, 0.05) is 40.2 Å². The van der Waals surface area contributed by atoms with Crippen LogP contribution in [0.5, 0.6) is 0 Å².